The summed E-state index contributed by atoms with van der Waals surface area (Å²) < 4.78 is 39.1. The van der Waals surface area contributed by atoms with E-state index >= 15 is 0 Å². The first-order valence-corrected chi connectivity index (χ1v) is 15.0. The number of amides is 3. The van der Waals surface area contributed by atoms with Crippen LogP contribution in [0.3, 0.4) is 0 Å². The molecule has 3 aromatic carbocycles. The Labute approximate surface area is 278 Å². The molecule has 12 heteroatoms. The molecule has 0 bridgehead atoms. The number of nitrogens with zero attached hydrogens (tertiary/aromatic N) is 3. The van der Waals surface area contributed by atoms with Crippen LogP contribution in [0.15, 0.2) is 128 Å². The largest absolute Gasteiger partial charge is 0.416 e. The van der Waals surface area contributed by atoms with Crippen LogP contribution in [0, 0.1) is 0 Å². The van der Waals surface area contributed by atoms with Gasteiger partial charge in [0, 0.05) is 35.5 Å². The fourth-order valence-electron chi connectivity index (χ4n) is 5.08. The van der Waals surface area contributed by atoms with Gasteiger partial charge in [-0.15, -0.1) is 0 Å². The van der Waals surface area contributed by atoms with Crippen LogP contribution in [0.1, 0.15) is 43.6 Å². The number of carbonyl (C=O) groups is 3. The first-order valence-electron chi connectivity index (χ1n) is 15.0. The topological polar surface area (TPSA) is 126 Å². The van der Waals surface area contributed by atoms with Gasteiger partial charge >= 0.3 is 6.18 Å². The number of rotatable bonds is 9. The van der Waals surface area contributed by atoms with Gasteiger partial charge in [0.25, 0.3) is 11.8 Å². The molecule has 6 rings (SSSR count). The van der Waals surface area contributed by atoms with Gasteiger partial charge in [-0.25, -0.2) is 4.98 Å². The number of halogens is 3. The molecule has 244 valence electrons. The van der Waals surface area contributed by atoms with Gasteiger partial charge in [0.1, 0.15) is 5.82 Å². The Morgan fingerprint density at radius 2 is 1.49 bits per heavy atom. The third-order valence-electron chi connectivity index (χ3n) is 7.56. The summed E-state index contributed by atoms with van der Waals surface area (Å²) in [6.45, 7) is 0.274. The predicted octanol–water partition coefficient (Wildman–Crippen LogP) is 6.75. The SMILES string of the molecule is O=C(N[C@H](C(=O)NCc1ccccc1)c1ccccn1)c1ccc2nc(NC(=O)c3cccnc3-c3ccc(C(F)(F)F)cc3)ccc2c1. The zero-order chi connectivity index (χ0) is 34.4. The standard InChI is InChI=1S/C37H27F3N6O3/c38-37(39,40)27-15-11-24(12-16-27)32-28(9-6-20-42-32)35(48)45-31-18-14-25-21-26(13-17-29(25)44-31)34(47)46-33(30-10-4-5-19-41-30)36(49)43-22-23-7-2-1-3-8-23/h1-21,33H,22H2,(H,43,49)(H,46,47)(H,44,45,48)/t33-/m0/s1. The summed E-state index contributed by atoms with van der Waals surface area (Å²) in [7, 11) is 0. The Kier molecular flexibility index (Phi) is 9.38. The van der Waals surface area contributed by atoms with Crippen LogP contribution in [0.25, 0.3) is 22.2 Å². The highest BCUT2D eigenvalue weighted by Gasteiger charge is 2.30. The summed E-state index contributed by atoms with van der Waals surface area (Å²) in [4.78, 5) is 52.8. The minimum absolute atomic E-state index is 0.145. The number of hydrogen-bond donors (Lipinski definition) is 3. The van der Waals surface area contributed by atoms with Crippen molar-refractivity contribution in [1.82, 2.24) is 25.6 Å². The van der Waals surface area contributed by atoms with Crippen molar-refractivity contribution in [3.63, 3.8) is 0 Å². The molecular weight excluding hydrogens is 633 g/mol. The zero-order valence-electron chi connectivity index (χ0n) is 25.6. The van der Waals surface area contributed by atoms with Crippen molar-refractivity contribution >= 4 is 34.4 Å². The van der Waals surface area contributed by atoms with E-state index in [4.69, 9.17) is 0 Å². The summed E-state index contributed by atoms with van der Waals surface area (Å²) >= 11 is 0. The maximum Gasteiger partial charge on any atom is 0.416 e. The maximum atomic E-state index is 13.4. The van der Waals surface area contributed by atoms with E-state index < -0.39 is 35.5 Å². The first-order chi connectivity index (χ1) is 23.7. The number of hydrogen-bond acceptors (Lipinski definition) is 6. The summed E-state index contributed by atoms with van der Waals surface area (Å²) in [6, 6.07) is 28.9. The molecule has 6 aromatic rings. The molecule has 0 saturated carbocycles. The number of pyridine rings is 3. The molecule has 3 heterocycles. The van der Waals surface area contributed by atoms with Crippen molar-refractivity contribution in [2.45, 2.75) is 18.8 Å². The lowest BCUT2D eigenvalue weighted by Gasteiger charge is -2.18. The summed E-state index contributed by atoms with van der Waals surface area (Å²) in [5.41, 5.74) is 1.92. The molecule has 0 saturated heterocycles. The Morgan fingerprint density at radius 1 is 0.735 bits per heavy atom. The molecule has 0 radical (unpaired) electrons. The average molecular weight is 661 g/mol. The minimum atomic E-state index is -4.49. The van der Waals surface area contributed by atoms with Gasteiger partial charge in [-0.2, -0.15) is 13.2 Å². The van der Waals surface area contributed by atoms with Gasteiger partial charge in [0.2, 0.25) is 5.91 Å². The van der Waals surface area contributed by atoms with E-state index in [1.54, 1.807) is 60.8 Å². The monoisotopic (exact) mass is 660 g/mol. The quantitative estimate of drug-likeness (QED) is 0.158. The lowest BCUT2D eigenvalue weighted by atomic mass is 10.0. The van der Waals surface area contributed by atoms with E-state index in [0.717, 1.165) is 17.7 Å². The minimum Gasteiger partial charge on any atom is -0.350 e. The second-order valence-electron chi connectivity index (χ2n) is 10.9. The lowest BCUT2D eigenvalue weighted by molar-refractivity contribution is -0.137. The molecule has 3 N–H and O–H groups in total. The number of benzene rings is 3. The fraction of sp³-hybridized carbons (Fsp3) is 0.0811. The highest BCUT2D eigenvalue weighted by molar-refractivity contribution is 6.08. The normalized spacial score (nSPS) is 11.8. The van der Waals surface area contributed by atoms with Gasteiger partial charge in [-0.1, -0.05) is 48.5 Å². The predicted molar refractivity (Wildman–Crippen MR) is 177 cm³/mol. The Hall–Kier alpha value is -6.43. The highest BCUT2D eigenvalue weighted by atomic mass is 19.4. The molecule has 3 amide bonds. The van der Waals surface area contributed by atoms with Crippen LogP contribution in [0.5, 0.6) is 0 Å². The van der Waals surface area contributed by atoms with Crippen molar-refractivity contribution in [3.05, 3.63) is 156 Å². The number of aromatic nitrogens is 3. The fourth-order valence-corrected chi connectivity index (χ4v) is 5.08. The summed E-state index contributed by atoms with van der Waals surface area (Å²) in [6.07, 6.45) is -1.50. The molecule has 1 atom stereocenters. The molecule has 3 aromatic heterocycles. The molecular formula is C37H27F3N6O3. The number of fused-ring (bicyclic) bond motifs is 1. The van der Waals surface area contributed by atoms with E-state index in [9.17, 15) is 27.6 Å². The molecule has 0 spiro atoms. The second kappa shape index (κ2) is 14.1. The van der Waals surface area contributed by atoms with E-state index in [2.05, 4.69) is 30.9 Å². The van der Waals surface area contributed by atoms with E-state index in [0.29, 0.717) is 22.2 Å². The van der Waals surface area contributed by atoms with Crippen molar-refractivity contribution in [3.8, 4) is 11.3 Å². The van der Waals surface area contributed by atoms with Crippen LogP contribution < -0.4 is 16.0 Å². The van der Waals surface area contributed by atoms with E-state index in [1.165, 1.54) is 24.4 Å². The number of anilines is 1. The lowest BCUT2D eigenvalue weighted by Crippen LogP contribution is -2.40. The van der Waals surface area contributed by atoms with Crippen LogP contribution in [-0.2, 0) is 17.5 Å². The third kappa shape index (κ3) is 7.76. The second-order valence-corrected chi connectivity index (χ2v) is 10.9. The summed E-state index contributed by atoms with van der Waals surface area (Å²) in [5, 5.41) is 8.95. The third-order valence-corrected chi connectivity index (χ3v) is 7.56. The number of alkyl halides is 3. The zero-order valence-corrected chi connectivity index (χ0v) is 25.6. The molecule has 0 aliphatic heterocycles. The molecule has 0 unspecified atom stereocenters. The smallest absolute Gasteiger partial charge is 0.350 e. The number of nitrogens with one attached hydrogen (secondary N) is 3. The maximum absolute atomic E-state index is 13.4. The Balaban J connectivity index is 1.17. The molecule has 0 aliphatic rings. The van der Waals surface area contributed by atoms with Gasteiger partial charge < -0.3 is 16.0 Å². The van der Waals surface area contributed by atoms with Crippen molar-refractivity contribution in [2.24, 2.45) is 0 Å². The van der Waals surface area contributed by atoms with Crippen molar-refractivity contribution in [1.29, 1.82) is 0 Å². The van der Waals surface area contributed by atoms with Crippen molar-refractivity contribution < 1.29 is 27.6 Å². The first kappa shape index (κ1) is 32.5. The van der Waals surface area contributed by atoms with Crippen LogP contribution in [0.2, 0.25) is 0 Å². The van der Waals surface area contributed by atoms with Gasteiger partial charge in [-0.3, -0.25) is 24.4 Å². The molecule has 49 heavy (non-hydrogen) atoms. The van der Waals surface area contributed by atoms with Gasteiger partial charge in [-0.05, 0) is 72.3 Å². The Morgan fingerprint density at radius 3 is 2.22 bits per heavy atom. The summed E-state index contributed by atoms with van der Waals surface area (Å²) in [5.74, 6) is -1.27. The highest BCUT2D eigenvalue weighted by Crippen LogP contribution is 2.31. The van der Waals surface area contributed by atoms with Crippen LogP contribution in [-0.4, -0.2) is 32.7 Å². The molecule has 0 fully saturated rings. The van der Waals surface area contributed by atoms with Gasteiger partial charge in [0.05, 0.1) is 28.0 Å². The molecule has 0 aliphatic carbocycles. The number of carbonyl (C=O) groups excluding carboxylic acids is 3. The Bertz CT molecular complexity index is 2130. The van der Waals surface area contributed by atoms with E-state index in [-0.39, 0.29) is 29.2 Å². The van der Waals surface area contributed by atoms with Crippen LogP contribution in [0.4, 0.5) is 19.0 Å². The van der Waals surface area contributed by atoms with Gasteiger partial charge in [0.15, 0.2) is 6.04 Å². The average Bonchev–Trinajstić information content (AvgIpc) is 3.13. The van der Waals surface area contributed by atoms with E-state index in [1.807, 2.05) is 30.3 Å². The molecule has 9 nitrogen and oxygen atoms in total. The van der Waals surface area contributed by atoms with Crippen molar-refractivity contribution in [2.75, 3.05) is 5.32 Å². The van der Waals surface area contributed by atoms with Crippen LogP contribution >= 0.6 is 0 Å².